The van der Waals surface area contributed by atoms with Gasteiger partial charge in [0.15, 0.2) is 0 Å². The number of nitrogens with two attached hydrogens (primary N) is 1. The van der Waals surface area contributed by atoms with E-state index in [0.29, 0.717) is 18.9 Å². The molecule has 0 heterocycles. The van der Waals surface area contributed by atoms with Crippen LogP contribution in [0.2, 0.25) is 0 Å². The van der Waals surface area contributed by atoms with Gasteiger partial charge in [-0.15, -0.1) is 0 Å². The third kappa shape index (κ3) is 4.47. The molecule has 1 aliphatic rings. The molecule has 1 saturated carbocycles. The first-order valence-electron chi connectivity index (χ1n) is 7.51. The summed E-state index contributed by atoms with van der Waals surface area (Å²) in [5, 5.41) is 10.1. The Balaban J connectivity index is 1.95. The summed E-state index contributed by atoms with van der Waals surface area (Å²) >= 11 is 3.47. The van der Waals surface area contributed by atoms with Gasteiger partial charge in [0.25, 0.3) is 0 Å². The van der Waals surface area contributed by atoms with Crippen LogP contribution in [-0.2, 0) is 0 Å². The minimum Gasteiger partial charge on any atom is -0.493 e. The van der Waals surface area contributed by atoms with Crippen molar-refractivity contribution < 1.29 is 9.84 Å². The molecule has 0 amide bonds. The van der Waals surface area contributed by atoms with E-state index in [-0.39, 0.29) is 0 Å². The molecule has 4 heteroatoms. The van der Waals surface area contributed by atoms with Gasteiger partial charge in [0, 0.05) is 4.47 Å². The van der Waals surface area contributed by atoms with Gasteiger partial charge in [0.2, 0.25) is 0 Å². The SMILES string of the molecule is NCC[C@@H](O)c1cc(OCC2CCCCC2)ccc1Br. The van der Waals surface area contributed by atoms with Gasteiger partial charge in [0.05, 0.1) is 12.7 Å². The normalized spacial score (nSPS) is 17.9. The van der Waals surface area contributed by atoms with Gasteiger partial charge in [-0.1, -0.05) is 35.2 Å². The van der Waals surface area contributed by atoms with Gasteiger partial charge >= 0.3 is 0 Å². The molecule has 0 aromatic heterocycles. The maximum absolute atomic E-state index is 10.1. The molecule has 0 aliphatic heterocycles. The van der Waals surface area contributed by atoms with E-state index < -0.39 is 6.10 Å². The second kappa shape index (κ2) is 8.01. The molecule has 0 radical (unpaired) electrons. The third-order valence-corrected chi connectivity index (χ3v) is 4.70. The molecule has 1 atom stereocenters. The van der Waals surface area contributed by atoms with E-state index in [4.69, 9.17) is 10.5 Å². The Labute approximate surface area is 129 Å². The van der Waals surface area contributed by atoms with Crippen molar-refractivity contribution in [2.75, 3.05) is 13.2 Å². The minimum atomic E-state index is -0.535. The number of hydrogen-bond acceptors (Lipinski definition) is 3. The van der Waals surface area contributed by atoms with Crippen molar-refractivity contribution in [2.24, 2.45) is 11.7 Å². The van der Waals surface area contributed by atoms with Crippen LogP contribution in [0.5, 0.6) is 5.75 Å². The van der Waals surface area contributed by atoms with E-state index in [9.17, 15) is 5.11 Å². The Morgan fingerprint density at radius 2 is 2.05 bits per heavy atom. The van der Waals surface area contributed by atoms with Gasteiger partial charge in [-0.05, 0) is 55.5 Å². The van der Waals surface area contributed by atoms with Crippen molar-refractivity contribution in [3.05, 3.63) is 28.2 Å². The Hall–Kier alpha value is -0.580. The summed E-state index contributed by atoms with van der Waals surface area (Å²) in [6, 6.07) is 5.81. The Morgan fingerprint density at radius 1 is 1.30 bits per heavy atom. The predicted molar refractivity (Wildman–Crippen MR) is 84.8 cm³/mol. The fourth-order valence-electron chi connectivity index (χ4n) is 2.75. The summed E-state index contributed by atoms with van der Waals surface area (Å²) in [5.41, 5.74) is 6.36. The lowest BCUT2D eigenvalue weighted by Gasteiger charge is -2.22. The first-order valence-corrected chi connectivity index (χ1v) is 8.30. The molecule has 0 saturated heterocycles. The molecule has 1 aromatic rings. The fourth-order valence-corrected chi connectivity index (χ4v) is 3.26. The van der Waals surface area contributed by atoms with Gasteiger partial charge in [-0.25, -0.2) is 0 Å². The lowest BCUT2D eigenvalue weighted by Crippen LogP contribution is -2.15. The number of rotatable bonds is 6. The zero-order chi connectivity index (χ0) is 14.4. The van der Waals surface area contributed by atoms with Crippen molar-refractivity contribution in [2.45, 2.75) is 44.6 Å². The Kier molecular flexibility index (Phi) is 6.33. The standard InChI is InChI=1S/C16H24BrNO2/c17-15-7-6-13(10-14(15)16(19)8-9-18)20-11-12-4-2-1-3-5-12/h6-7,10,12,16,19H,1-5,8-9,11,18H2/t16-/m1/s1. The Morgan fingerprint density at radius 3 is 2.75 bits per heavy atom. The summed E-state index contributed by atoms with van der Waals surface area (Å²) in [4.78, 5) is 0. The molecule has 1 aliphatic carbocycles. The maximum Gasteiger partial charge on any atom is 0.119 e. The van der Waals surface area contributed by atoms with Crippen molar-refractivity contribution in [1.82, 2.24) is 0 Å². The quantitative estimate of drug-likeness (QED) is 0.827. The molecule has 3 N–H and O–H groups in total. The second-order valence-electron chi connectivity index (χ2n) is 5.59. The first kappa shape index (κ1) is 15.8. The van der Waals surface area contributed by atoms with Crippen LogP contribution in [0.15, 0.2) is 22.7 Å². The molecular weight excluding hydrogens is 318 g/mol. The average molecular weight is 342 g/mol. The van der Waals surface area contributed by atoms with Crippen LogP contribution >= 0.6 is 15.9 Å². The number of hydrogen-bond donors (Lipinski definition) is 2. The topological polar surface area (TPSA) is 55.5 Å². The molecule has 1 aromatic carbocycles. The third-order valence-electron chi connectivity index (χ3n) is 3.98. The van der Waals surface area contributed by atoms with Crippen LogP contribution in [0.25, 0.3) is 0 Å². The number of ether oxygens (including phenoxy) is 1. The lowest BCUT2D eigenvalue weighted by molar-refractivity contribution is 0.168. The molecule has 20 heavy (non-hydrogen) atoms. The molecule has 112 valence electrons. The van der Waals surface area contributed by atoms with Crippen molar-refractivity contribution in [3.8, 4) is 5.75 Å². The van der Waals surface area contributed by atoms with E-state index >= 15 is 0 Å². The molecule has 0 unspecified atom stereocenters. The summed E-state index contributed by atoms with van der Waals surface area (Å²) < 4.78 is 6.81. The van der Waals surface area contributed by atoms with Gasteiger partial charge in [-0.3, -0.25) is 0 Å². The van der Waals surface area contributed by atoms with Crippen LogP contribution in [0, 0.1) is 5.92 Å². The van der Waals surface area contributed by atoms with Crippen molar-refractivity contribution in [1.29, 1.82) is 0 Å². The molecule has 3 nitrogen and oxygen atoms in total. The van der Waals surface area contributed by atoms with Crippen LogP contribution in [0.3, 0.4) is 0 Å². The van der Waals surface area contributed by atoms with Gasteiger partial charge < -0.3 is 15.6 Å². The van der Waals surface area contributed by atoms with Crippen molar-refractivity contribution in [3.63, 3.8) is 0 Å². The second-order valence-corrected chi connectivity index (χ2v) is 6.45. The predicted octanol–water partition coefficient (Wildman–Crippen LogP) is 3.79. The van der Waals surface area contributed by atoms with Crippen LogP contribution in [-0.4, -0.2) is 18.3 Å². The highest BCUT2D eigenvalue weighted by Crippen LogP contribution is 2.30. The van der Waals surface area contributed by atoms with Gasteiger partial charge in [-0.2, -0.15) is 0 Å². The number of aliphatic hydroxyl groups is 1. The van der Waals surface area contributed by atoms with Crippen LogP contribution in [0.4, 0.5) is 0 Å². The molecule has 0 spiro atoms. The zero-order valence-corrected chi connectivity index (χ0v) is 13.4. The molecule has 0 bridgehead atoms. The summed E-state index contributed by atoms with van der Waals surface area (Å²) in [5.74, 6) is 1.52. The summed E-state index contributed by atoms with van der Waals surface area (Å²) in [7, 11) is 0. The van der Waals surface area contributed by atoms with Crippen LogP contribution in [0.1, 0.15) is 50.2 Å². The highest BCUT2D eigenvalue weighted by atomic mass is 79.9. The largest absolute Gasteiger partial charge is 0.493 e. The van der Waals surface area contributed by atoms with E-state index in [1.807, 2.05) is 18.2 Å². The molecule has 2 rings (SSSR count). The highest BCUT2D eigenvalue weighted by molar-refractivity contribution is 9.10. The fraction of sp³-hybridized carbons (Fsp3) is 0.625. The van der Waals surface area contributed by atoms with E-state index in [1.54, 1.807) is 0 Å². The lowest BCUT2D eigenvalue weighted by atomic mass is 9.90. The van der Waals surface area contributed by atoms with Crippen molar-refractivity contribution >= 4 is 15.9 Å². The molecular formula is C16H24BrNO2. The zero-order valence-electron chi connectivity index (χ0n) is 11.9. The van der Waals surface area contributed by atoms with Crippen LogP contribution < -0.4 is 10.5 Å². The van der Waals surface area contributed by atoms with E-state index in [0.717, 1.165) is 22.4 Å². The van der Waals surface area contributed by atoms with E-state index in [2.05, 4.69) is 15.9 Å². The number of aliphatic hydroxyl groups excluding tert-OH is 1. The smallest absolute Gasteiger partial charge is 0.119 e. The summed E-state index contributed by atoms with van der Waals surface area (Å²) in [6.45, 7) is 1.26. The Bertz CT molecular complexity index is 419. The van der Waals surface area contributed by atoms with Gasteiger partial charge in [0.1, 0.15) is 5.75 Å². The highest BCUT2D eigenvalue weighted by Gasteiger charge is 2.15. The van der Waals surface area contributed by atoms with E-state index in [1.165, 1.54) is 32.1 Å². The molecule has 1 fully saturated rings. The number of halogens is 1. The maximum atomic E-state index is 10.1. The average Bonchev–Trinajstić information content (AvgIpc) is 2.47. The summed E-state index contributed by atoms with van der Waals surface area (Å²) in [6.07, 6.45) is 6.60. The minimum absolute atomic E-state index is 0.473. The number of benzene rings is 1. The monoisotopic (exact) mass is 341 g/mol. The first-order chi connectivity index (χ1) is 9.70.